The number of halogens is 1. The van der Waals surface area contributed by atoms with Crippen molar-refractivity contribution in [3.05, 3.63) is 29.3 Å². The second kappa shape index (κ2) is 4.94. The molecule has 1 heterocycles. The van der Waals surface area contributed by atoms with Crippen molar-refractivity contribution in [1.29, 1.82) is 0 Å². The van der Waals surface area contributed by atoms with E-state index in [1.165, 1.54) is 0 Å². The lowest BCUT2D eigenvalue weighted by atomic mass is 10.1. The Kier molecular flexibility index (Phi) is 3.54. The Labute approximate surface area is 106 Å². The Hall–Kier alpha value is -1.26. The average molecular weight is 254 g/mol. The molecule has 0 spiro atoms. The molecule has 1 N–H and O–H groups in total. The van der Waals surface area contributed by atoms with Gasteiger partial charge in [-0.1, -0.05) is 11.6 Å². The van der Waals surface area contributed by atoms with Gasteiger partial charge < -0.3 is 15.1 Å². The molecule has 2 rings (SSSR count). The molecule has 0 radical (unpaired) electrons. The monoisotopic (exact) mass is 253 g/mol. The lowest BCUT2D eigenvalue weighted by Gasteiger charge is -2.42. The van der Waals surface area contributed by atoms with Crippen LogP contribution in [0.4, 0.5) is 10.5 Å². The Bertz CT molecular complexity index is 399. The molecule has 0 atom stereocenters. The fourth-order valence-electron chi connectivity index (χ4n) is 1.68. The predicted octanol–water partition coefficient (Wildman–Crippen LogP) is 2.12. The van der Waals surface area contributed by atoms with Crippen LogP contribution < -0.4 is 5.32 Å². The van der Waals surface area contributed by atoms with Gasteiger partial charge >= 0.3 is 6.03 Å². The zero-order valence-corrected chi connectivity index (χ0v) is 10.7. The van der Waals surface area contributed by atoms with Crippen LogP contribution in [0.1, 0.15) is 0 Å². The van der Waals surface area contributed by atoms with Gasteiger partial charge in [-0.2, -0.15) is 0 Å². The molecule has 92 valence electrons. The number of rotatable bonds is 2. The number of carbonyl (C=O) groups is 1. The van der Waals surface area contributed by atoms with Crippen LogP contribution in [0.2, 0.25) is 5.02 Å². The molecule has 5 heteroatoms. The van der Waals surface area contributed by atoms with Crippen molar-refractivity contribution in [3.8, 4) is 0 Å². The quantitative estimate of drug-likeness (QED) is 0.876. The van der Waals surface area contributed by atoms with Gasteiger partial charge in [0.05, 0.1) is 0 Å². The molecule has 0 aliphatic carbocycles. The summed E-state index contributed by atoms with van der Waals surface area (Å²) in [6.07, 6.45) is 0. The van der Waals surface area contributed by atoms with Gasteiger partial charge in [0, 0.05) is 29.8 Å². The van der Waals surface area contributed by atoms with Crippen molar-refractivity contribution in [2.75, 3.05) is 32.5 Å². The van der Waals surface area contributed by atoms with Crippen molar-refractivity contribution in [2.45, 2.75) is 6.04 Å². The summed E-state index contributed by atoms with van der Waals surface area (Å²) in [6, 6.07) is 7.54. The van der Waals surface area contributed by atoms with Crippen LogP contribution in [0.5, 0.6) is 0 Å². The van der Waals surface area contributed by atoms with Crippen LogP contribution in [0.15, 0.2) is 24.3 Å². The summed E-state index contributed by atoms with van der Waals surface area (Å²) in [5.74, 6) is 0. The molecule has 2 amide bonds. The zero-order valence-electron chi connectivity index (χ0n) is 9.98. The number of carbonyl (C=O) groups excluding carboxylic acids is 1. The lowest BCUT2D eigenvalue weighted by molar-refractivity contribution is 0.0942. The molecule has 1 aliphatic heterocycles. The zero-order chi connectivity index (χ0) is 12.4. The minimum atomic E-state index is -0.0505. The maximum atomic E-state index is 11.8. The summed E-state index contributed by atoms with van der Waals surface area (Å²) in [7, 11) is 4.05. The van der Waals surface area contributed by atoms with Crippen LogP contribution in [0.25, 0.3) is 0 Å². The van der Waals surface area contributed by atoms with Gasteiger partial charge in [-0.15, -0.1) is 0 Å². The summed E-state index contributed by atoms with van der Waals surface area (Å²) >= 11 is 5.77. The van der Waals surface area contributed by atoms with Gasteiger partial charge in [0.2, 0.25) is 0 Å². The maximum Gasteiger partial charge on any atom is 0.321 e. The summed E-state index contributed by atoms with van der Waals surface area (Å²) in [4.78, 5) is 15.7. The summed E-state index contributed by atoms with van der Waals surface area (Å²) in [6.45, 7) is 1.57. The van der Waals surface area contributed by atoms with Crippen LogP contribution in [-0.4, -0.2) is 49.1 Å². The second-order valence-corrected chi connectivity index (χ2v) is 4.90. The maximum absolute atomic E-state index is 11.8. The van der Waals surface area contributed by atoms with Crippen molar-refractivity contribution in [1.82, 2.24) is 9.80 Å². The molecule has 1 fully saturated rings. The van der Waals surface area contributed by atoms with E-state index in [0.717, 1.165) is 18.8 Å². The first-order chi connectivity index (χ1) is 8.06. The third kappa shape index (κ3) is 2.90. The van der Waals surface area contributed by atoms with Crippen molar-refractivity contribution < 1.29 is 4.79 Å². The van der Waals surface area contributed by atoms with Gasteiger partial charge in [-0.3, -0.25) is 0 Å². The number of nitrogens with zero attached hydrogens (tertiary/aromatic N) is 2. The van der Waals surface area contributed by atoms with Crippen molar-refractivity contribution in [2.24, 2.45) is 0 Å². The van der Waals surface area contributed by atoms with Gasteiger partial charge in [0.15, 0.2) is 0 Å². The smallest absolute Gasteiger partial charge is 0.321 e. The summed E-state index contributed by atoms with van der Waals surface area (Å²) in [5.41, 5.74) is 0.771. The highest BCUT2D eigenvalue weighted by Gasteiger charge is 2.31. The molecule has 1 aromatic rings. The Morgan fingerprint density at radius 2 is 1.94 bits per heavy atom. The third-order valence-electron chi connectivity index (χ3n) is 2.98. The number of hydrogen-bond acceptors (Lipinski definition) is 2. The Morgan fingerprint density at radius 3 is 2.47 bits per heavy atom. The highest BCUT2D eigenvalue weighted by atomic mass is 35.5. The first kappa shape index (κ1) is 12.2. The molecular formula is C12H16ClN3O. The SMILES string of the molecule is CN(C)C1CN(C(=O)Nc2ccc(Cl)cc2)C1. The van der Waals surface area contributed by atoms with E-state index >= 15 is 0 Å². The first-order valence-corrected chi connectivity index (χ1v) is 5.92. The van der Waals surface area contributed by atoms with Crippen LogP contribution in [0, 0.1) is 0 Å². The molecular weight excluding hydrogens is 238 g/mol. The molecule has 17 heavy (non-hydrogen) atoms. The third-order valence-corrected chi connectivity index (χ3v) is 3.23. The van der Waals surface area contributed by atoms with Gasteiger partial charge in [0.25, 0.3) is 0 Å². The average Bonchev–Trinajstić information content (AvgIpc) is 2.18. The lowest BCUT2D eigenvalue weighted by Crippen LogP contribution is -2.60. The van der Waals surface area contributed by atoms with E-state index in [1.807, 2.05) is 14.1 Å². The Balaban J connectivity index is 1.85. The van der Waals surface area contributed by atoms with E-state index in [2.05, 4.69) is 10.2 Å². The molecule has 4 nitrogen and oxygen atoms in total. The number of anilines is 1. The molecule has 1 aliphatic rings. The molecule has 0 aromatic heterocycles. The second-order valence-electron chi connectivity index (χ2n) is 4.46. The largest absolute Gasteiger partial charge is 0.321 e. The Morgan fingerprint density at radius 1 is 1.35 bits per heavy atom. The topological polar surface area (TPSA) is 35.6 Å². The fraction of sp³-hybridized carbons (Fsp3) is 0.417. The minimum Gasteiger partial charge on any atom is -0.321 e. The number of nitrogens with one attached hydrogen (secondary N) is 1. The fourth-order valence-corrected chi connectivity index (χ4v) is 1.81. The molecule has 0 saturated carbocycles. The van der Waals surface area contributed by atoms with E-state index in [9.17, 15) is 4.79 Å². The predicted molar refractivity (Wildman–Crippen MR) is 69.5 cm³/mol. The number of urea groups is 1. The number of amides is 2. The summed E-state index contributed by atoms with van der Waals surface area (Å²) < 4.78 is 0. The number of benzene rings is 1. The van der Waals surface area contributed by atoms with Crippen LogP contribution in [-0.2, 0) is 0 Å². The molecule has 0 bridgehead atoms. The minimum absolute atomic E-state index is 0.0505. The molecule has 0 unspecified atom stereocenters. The number of likely N-dealkylation sites (tertiary alicyclic amines) is 1. The van der Waals surface area contributed by atoms with Gasteiger partial charge in [0.1, 0.15) is 0 Å². The normalized spacial score (nSPS) is 15.9. The number of hydrogen-bond donors (Lipinski definition) is 1. The standard InChI is InChI=1S/C12H16ClN3O/c1-15(2)11-7-16(8-11)12(17)14-10-5-3-9(13)4-6-10/h3-6,11H,7-8H2,1-2H3,(H,14,17). The summed E-state index contributed by atoms with van der Waals surface area (Å²) in [5, 5.41) is 3.51. The van der Waals surface area contributed by atoms with Crippen LogP contribution in [0.3, 0.4) is 0 Å². The van der Waals surface area contributed by atoms with Gasteiger partial charge in [-0.25, -0.2) is 4.79 Å². The van der Waals surface area contributed by atoms with E-state index in [0.29, 0.717) is 11.1 Å². The van der Waals surface area contributed by atoms with Gasteiger partial charge in [-0.05, 0) is 38.4 Å². The highest BCUT2D eigenvalue weighted by Crippen LogP contribution is 2.17. The van der Waals surface area contributed by atoms with E-state index in [-0.39, 0.29) is 6.03 Å². The van der Waals surface area contributed by atoms with E-state index in [1.54, 1.807) is 29.2 Å². The number of likely N-dealkylation sites (N-methyl/N-ethyl adjacent to an activating group) is 1. The first-order valence-electron chi connectivity index (χ1n) is 5.54. The van der Waals surface area contributed by atoms with Crippen molar-refractivity contribution >= 4 is 23.3 Å². The highest BCUT2D eigenvalue weighted by molar-refractivity contribution is 6.30. The van der Waals surface area contributed by atoms with Crippen LogP contribution >= 0.6 is 11.6 Å². The van der Waals surface area contributed by atoms with E-state index in [4.69, 9.17) is 11.6 Å². The van der Waals surface area contributed by atoms with Crippen molar-refractivity contribution in [3.63, 3.8) is 0 Å². The molecule has 1 saturated heterocycles. The van der Waals surface area contributed by atoms with E-state index < -0.39 is 0 Å². The molecule has 1 aromatic carbocycles.